The number of rotatable bonds is 36. The van der Waals surface area contributed by atoms with Crippen LogP contribution in [0.1, 0.15) is 206 Å². The Morgan fingerprint density at radius 2 is 0.783 bits per heavy atom. The first-order valence-electron chi connectivity index (χ1n) is 19.3. The predicted octanol–water partition coefficient (Wildman–Crippen LogP) is 11.3. The number of hydrogen-bond donors (Lipinski definition) is 2. The molecule has 0 saturated heterocycles. The molecule has 46 heavy (non-hydrogen) atoms. The Balaban J connectivity index is 3.91. The minimum Gasteiger partial charge on any atom is -0.462 e. The number of hydrogen-bond acceptors (Lipinski definition) is 6. The Morgan fingerprint density at radius 3 is 1.11 bits per heavy atom. The lowest BCUT2D eigenvalue weighted by molar-refractivity contribution is -0.161. The van der Waals surface area contributed by atoms with Crippen molar-refractivity contribution in [2.45, 2.75) is 213 Å². The van der Waals surface area contributed by atoms with Gasteiger partial charge >= 0.3 is 19.8 Å². The number of carbonyl (C=O) groups excluding carboxylic acids is 2. The minimum atomic E-state index is -4.74. The molecule has 2 N–H and O–H groups in total. The van der Waals surface area contributed by atoms with E-state index in [1.807, 2.05) is 0 Å². The maximum Gasteiger partial charge on any atom is 0.469 e. The topological polar surface area (TPSA) is 119 Å². The maximum absolute atomic E-state index is 12.3. The van der Waals surface area contributed by atoms with Gasteiger partial charge in [0.05, 0.1) is 6.61 Å². The minimum absolute atomic E-state index is 0.220. The summed E-state index contributed by atoms with van der Waals surface area (Å²) in [5, 5.41) is 0. The van der Waals surface area contributed by atoms with Crippen molar-refractivity contribution in [3.8, 4) is 0 Å². The van der Waals surface area contributed by atoms with Crippen LogP contribution in [0.2, 0.25) is 0 Å². The third kappa shape index (κ3) is 35.9. The third-order valence-corrected chi connectivity index (χ3v) is 9.11. The lowest BCUT2D eigenvalue weighted by Crippen LogP contribution is -2.29. The highest BCUT2D eigenvalue weighted by Crippen LogP contribution is 2.36. The Labute approximate surface area is 283 Å². The third-order valence-electron chi connectivity index (χ3n) is 8.63. The van der Waals surface area contributed by atoms with Crippen molar-refractivity contribution in [2.24, 2.45) is 0 Å². The summed E-state index contributed by atoms with van der Waals surface area (Å²) < 4.78 is 26.3. The first-order chi connectivity index (χ1) is 22.3. The average Bonchev–Trinajstić information content (AvgIpc) is 3.02. The zero-order chi connectivity index (χ0) is 34.0. The molecule has 0 radical (unpaired) electrons. The molecule has 0 aliphatic heterocycles. The Hall–Kier alpha value is -0.950. The van der Waals surface area contributed by atoms with Crippen LogP contribution < -0.4 is 0 Å². The highest BCUT2D eigenvalue weighted by atomic mass is 31.2. The average molecular weight is 677 g/mol. The van der Waals surface area contributed by atoms with E-state index in [-0.39, 0.29) is 19.4 Å². The zero-order valence-corrected chi connectivity index (χ0v) is 30.9. The van der Waals surface area contributed by atoms with Gasteiger partial charge in [-0.2, -0.15) is 0 Å². The smallest absolute Gasteiger partial charge is 0.462 e. The molecule has 0 saturated carbocycles. The second-order valence-corrected chi connectivity index (χ2v) is 14.5. The monoisotopic (exact) mass is 677 g/mol. The van der Waals surface area contributed by atoms with Gasteiger partial charge in [-0.3, -0.25) is 14.1 Å². The maximum atomic E-state index is 12.3. The van der Waals surface area contributed by atoms with Crippen LogP contribution in [-0.2, 0) is 28.2 Å². The van der Waals surface area contributed by atoms with Gasteiger partial charge in [0.15, 0.2) is 6.10 Å². The van der Waals surface area contributed by atoms with Gasteiger partial charge in [-0.1, -0.05) is 181 Å². The number of phosphoric acid groups is 1. The Bertz CT molecular complexity index is 726. The molecule has 9 heteroatoms. The lowest BCUT2D eigenvalue weighted by atomic mass is 10.0. The molecule has 0 bridgehead atoms. The molecule has 0 rings (SSSR count). The summed E-state index contributed by atoms with van der Waals surface area (Å²) in [7, 11) is -4.74. The van der Waals surface area contributed by atoms with Crippen LogP contribution in [0.15, 0.2) is 0 Å². The molecule has 0 aromatic rings. The van der Waals surface area contributed by atoms with Gasteiger partial charge in [-0.05, 0) is 12.8 Å². The standard InChI is InChI=1S/C37H73O8P/c1-3-5-7-9-11-13-15-17-19-21-23-25-27-29-31-36(38)43-33-35(34-44-46(40,41)42)45-37(39)32-30-28-26-24-22-20-18-16-14-12-10-8-6-4-2/h35H,3-34H2,1-2H3,(H2,40,41,42)/t35-/m1/s1. The van der Waals surface area contributed by atoms with Crippen LogP contribution in [0.4, 0.5) is 0 Å². The van der Waals surface area contributed by atoms with Crippen molar-refractivity contribution in [2.75, 3.05) is 13.2 Å². The summed E-state index contributed by atoms with van der Waals surface area (Å²) in [5.41, 5.74) is 0. The number of ether oxygens (including phenoxy) is 2. The molecule has 8 nitrogen and oxygen atoms in total. The van der Waals surface area contributed by atoms with Crippen LogP contribution in [-0.4, -0.2) is 41.0 Å². The molecule has 0 aliphatic carbocycles. The van der Waals surface area contributed by atoms with Gasteiger partial charge in [-0.25, -0.2) is 4.57 Å². The fourth-order valence-electron chi connectivity index (χ4n) is 5.73. The Kier molecular flexibility index (Phi) is 33.2. The summed E-state index contributed by atoms with van der Waals surface area (Å²) in [6.07, 6.45) is 33.9. The van der Waals surface area contributed by atoms with Crippen molar-refractivity contribution < 1.29 is 37.9 Å². The highest BCUT2D eigenvalue weighted by molar-refractivity contribution is 7.46. The van der Waals surface area contributed by atoms with Crippen molar-refractivity contribution in [1.29, 1.82) is 0 Å². The SMILES string of the molecule is CCCCCCCCCCCCCCCCC(=O)OC[C@H](COP(=O)(O)O)OC(=O)CCCCCCCCCCCCCCCC. The number of unbranched alkanes of at least 4 members (excludes halogenated alkanes) is 26. The van der Waals surface area contributed by atoms with Crippen LogP contribution >= 0.6 is 7.82 Å². The fourth-order valence-corrected chi connectivity index (χ4v) is 6.09. The molecule has 0 unspecified atom stereocenters. The Morgan fingerprint density at radius 1 is 0.478 bits per heavy atom. The van der Waals surface area contributed by atoms with E-state index in [2.05, 4.69) is 18.4 Å². The molecule has 274 valence electrons. The molecule has 0 fully saturated rings. The van der Waals surface area contributed by atoms with Crippen molar-refractivity contribution >= 4 is 19.8 Å². The molecular weight excluding hydrogens is 603 g/mol. The van der Waals surface area contributed by atoms with E-state index in [0.29, 0.717) is 6.42 Å². The summed E-state index contributed by atoms with van der Waals surface area (Å²) in [6, 6.07) is 0. The van der Waals surface area contributed by atoms with Crippen LogP contribution in [0.5, 0.6) is 0 Å². The number of carbonyl (C=O) groups is 2. The lowest BCUT2D eigenvalue weighted by Gasteiger charge is -2.18. The first kappa shape index (κ1) is 45.0. The summed E-state index contributed by atoms with van der Waals surface area (Å²) in [5.74, 6) is -0.871. The highest BCUT2D eigenvalue weighted by Gasteiger charge is 2.22. The largest absolute Gasteiger partial charge is 0.469 e. The van der Waals surface area contributed by atoms with E-state index in [0.717, 1.165) is 32.1 Å². The van der Waals surface area contributed by atoms with Gasteiger partial charge in [0.2, 0.25) is 0 Å². The molecule has 0 aliphatic rings. The van der Waals surface area contributed by atoms with E-state index in [9.17, 15) is 14.2 Å². The zero-order valence-electron chi connectivity index (χ0n) is 30.0. The van der Waals surface area contributed by atoms with Crippen molar-refractivity contribution in [3.05, 3.63) is 0 Å². The summed E-state index contributed by atoms with van der Waals surface area (Å²) >= 11 is 0. The van der Waals surface area contributed by atoms with E-state index in [4.69, 9.17) is 19.3 Å². The van der Waals surface area contributed by atoms with E-state index in [1.165, 1.54) is 141 Å². The molecule has 0 aromatic heterocycles. The number of phosphoric ester groups is 1. The van der Waals surface area contributed by atoms with Gasteiger partial charge in [0.25, 0.3) is 0 Å². The van der Waals surface area contributed by atoms with Crippen LogP contribution in [0, 0.1) is 0 Å². The quantitative estimate of drug-likeness (QED) is 0.0382. The van der Waals surface area contributed by atoms with Crippen molar-refractivity contribution in [1.82, 2.24) is 0 Å². The molecule has 0 aromatic carbocycles. The first-order valence-corrected chi connectivity index (χ1v) is 20.9. The normalized spacial score (nSPS) is 12.3. The van der Waals surface area contributed by atoms with Crippen molar-refractivity contribution in [3.63, 3.8) is 0 Å². The van der Waals surface area contributed by atoms with E-state index >= 15 is 0 Å². The van der Waals surface area contributed by atoms with Gasteiger partial charge in [-0.15, -0.1) is 0 Å². The van der Waals surface area contributed by atoms with Crippen LogP contribution in [0.25, 0.3) is 0 Å². The van der Waals surface area contributed by atoms with Gasteiger partial charge in [0.1, 0.15) is 6.61 Å². The second-order valence-electron chi connectivity index (χ2n) is 13.3. The molecule has 0 amide bonds. The molecule has 0 heterocycles. The summed E-state index contributed by atoms with van der Waals surface area (Å²) in [4.78, 5) is 42.7. The summed E-state index contributed by atoms with van der Waals surface area (Å²) in [6.45, 7) is 3.70. The van der Waals surface area contributed by atoms with E-state index in [1.54, 1.807) is 0 Å². The molecule has 1 atom stereocenters. The van der Waals surface area contributed by atoms with Gasteiger partial charge < -0.3 is 19.3 Å². The molecule has 0 spiro atoms. The van der Waals surface area contributed by atoms with Crippen LogP contribution in [0.3, 0.4) is 0 Å². The molecular formula is C37H73O8P. The number of esters is 2. The second kappa shape index (κ2) is 33.9. The van der Waals surface area contributed by atoms with E-state index < -0.39 is 32.5 Å². The van der Waals surface area contributed by atoms with Gasteiger partial charge in [0, 0.05) is 12.8 Å². The fraction of sp³-hybridized carbons (Fsp3) is 0.946. The predicted molar refractivity (Wildman–Crippen MR) is 189 cm³/mol.